The highest BCUT2D eigenvalue weighted by molar-refractivity contribution is 6.36. The summed E-state index contributed by atoms with van der Waals surface area (Å²) in [5.41, 5.74) is -4.44. The monoisotopic (exact) mass is 390 g/mol. The quantitative estimate of drug-likeness (QED) is 0.575. The van der Waals surface area contributed by atoms with Gasteiger partial charge in [0, 0.05) is 17.6 Å². The van der Waals surface area contributed by atoms with E-state index in [4.69, 9.17) is 23.2 Å². The third kappa shape index (κ3) is 3.35. The zero-order valence-corrected chi connectivity index (χ0v) is 13.8. The Bertz CT molecular complexity index is 777. The number of halogens is 8. The fourth-order valence-corrected chi connectivity index (χ4v) is 2.96. The van der Waals surface area contributed by atoms with Crippen LogP contribution < -0.4 is 0 Å². The van der Waals surface area contributed by atoms with Gasteiger partial charge in [-0.25, -0.2) is 0 Å². The molecular weight excluding hydrogens is 381 g/mol. The molecule has 10 heteroatoms. The number of nitrogens with zero attached hydrogens (tertiary/aromatic N) is 2. The summed E-state index contributed by atoms with van der Waals surface area (Å²) in [6.45, 7) is 1.70. The van der Waals surface area contributed by atoms with E-state index in [0.29, 0.717) is 12.0 Å². The molecule has 0 aliphatic carbocycles. The average Bonchev–Trinajstić information content (AvgIpc) is 2.76. The maximum Gasteiger partial charge on any atom is 0.433 e. The van der Waals surface area contributed by atoms with Crippen LogP contribution in [-0.2, 0) is 25.8 Å². The van der Waals surface area contributed by atoms with Crippen LogP contribution in [-0.4, -0.2) is 9.78 Å². The molecule has 0 bridgehead atoms. The molecule has 0 amide bonds. The van der Waals surface area contributed by atoms with Gasteiger partial charge in [-0.2, -0.15) is 31.4 Å². The van der Waals surface area contributed by atoms with Crippen molar-refractivity contribution < 1.29 is 26.3 Å². The lowest BCUT2D eigenvalue weighted by Gasteiger charge is -2.14. The Balaban J connectivity index is 2.87. The molecule has 2 nitrogen and oxygen atoms in total. The molecule has 0 unspecified atom stereocenters. The van der Waals surface area contributed by atoms with E-state index in [1.165, 1.54) is 12.1 Å². The predicted molar refractivity (Wildman–Crippen MR) is 78.0 cm³/mol. The van der Waals surface area contributed by atoms with E-state index in [0.717, 1.165) is 7.05 Å². The first-order valence-electron chi connectivity index (χ1n) is 6.57. The number of hydrogen-bond acceptors (Lipinski definition) is 1. The van der Waals surface area contributed by atoms with Crippen LogP contribution in [0, 0.1) is 0 Å². The molecule has 0 fully saturated rings. The molecule has 132 valence electrons. The number of rotatable bonds is 2. The molecule has 24 heavy (non-hydrogen) atoms. The first kappa shape index (κ1) is 18.9. The fourth-order valence-electron chi connectivity index (χ4n) is 2.35. The maximum absolute atomic E-state index is 13.3. The summed E-state index contributed by atoms with van der Waals surface area (Å²) >= 11 is 11.8. The molecule has 0 spiro atoms. The lowest BCUT2D eigenvalue weighted by molar-refractivity contribution is -0.165. The van der Waals surface area contributed by atoms with Crippen molar-refractivity contribution in [2.45, 2.75) is 25.7 Å². The van der Waals surface area contributed by atoms with Crippen LogP contribution in [0.3, 0.4) is 0 Å². The van der Waals surface area contributed by atoms with Crippen molar-refractivity contribution in [1.82, 2.24) is 9.78 Å². The summed E-state index contributed by atoms with van der Waals surface area (Å²) in [4.78, 5) is 0. The Hall–Kier alpha value is -1.41. The van der Waals surface area contributed by atoms with E-state index in [-0.39, 0.29) is 20.3 Å². The standard InChI is InChI=1S/C14H10Cl2F6N2/c1-3-6-4-7(9(16)5-8(6)15)11-10(13(17,18)19)12(14(20,21)22)24(2)23-11/h4-5H,3H2,1-2H3. The molecular formula is C14H10Cl2F6N2. The Morgan fingerprint density at radius 1 is 1.00 bits per heavy atom. The number of alkyl halides is 6. The number of aryl methyl sites for hydroxylation is 2. The van der Waals surface area contributed by atoms with Gasteiger partial charge >= 0.3 is 12.4 Å². The second-order valence-corrected chi connectivity index (χ2v) is 5.78. The summed E-state index contributed by atoms with van der Waals surface area (Å²) in [6, 6.07) is 2.42. The second kappa shape index (κ2) is 6.15. The largest absolute Gasteiger partial charge is 0.433 e. The van der Waals surface area contributed by atoms with Gasteiger partial charge in [0.1, 0.15) is 11.3 Å². The van der Waals surface area contributed by atoms with Crippen LogP contribution in [0.2, 0.25) is 10.0 Å². The Morgan fingerprint density at radius 2 is 1.58 bits per heavy atom. The molecule has 1 heterocycles. The fraction of sp³-hybridized carbons (Fsp3) is 0.357. The third-order valence-corrected chi connectivity index (χ3v) is 4.04. The predicted octanol–water partition coefficient (Wildman–Crippen LogP) is 5.99. The molecule has 0 N–H and O–H groups in total. The molecule has 0 atom stereocenters. The average molecular weight is 391 g/mol. The van der Waals surface area contributed by atoms with Gasteiger partial charge in [-0.05, 0) is 24.1 Å². The van der Waals surface area contributed by atoms with Gasteiger partial charge in [0.25, 0.3) is 0 Å². The molecule has 1 aromatic heterocycles. The Kier molecular flexibility index (Phi) is 4.85. The molecule has 0 saturated carbocycles. The third-order valence-electron chi connectivity index (χ3n) is 3.37. The highest BCUT2D eigenvalue weighted by atomic mass is 35.5. The van der Waals surface area contributed by atoms with Crippen LogP contribution >= 0.6 is 23.2 Å². The van der Waals surface area contributed by atoms with E-state index < -0.39 is 29.3 Å². The van der Waals surface area contributed by atoms with E-state index >= 15 is 0 Å². The number of benzene rings is 1. The first-order valence-corrected chi connectivity index (χ1v) is 7.33. The van der Waals surface area contributed by atoms with Crippen LogP contribution in [0.1, 0.15) is 23.7 Å². The SMILES string of the molecule is CCc1cc(-c2nn(C)c(C(F)(F)F)c2C(F)(F)F)c(Cl)cc1Cl. The van der Waals surface area contributed by atoms with Crippen LogP contribution in [0.4, 0.5) is 26.3 Å². The van der Waals surface area contributed by atoms with Gasteiger partial charge in [0.2, 0.25) is 0 Å². The minimum absolute atomic E-state index is 0.161. The van der Waals surface area contributed by atoms with Crippen LogP contribution in [0.15, 0.2) is 12.1 Å². The summed E-state index contributed by atoms with van der Waals surface area (Å²) in [5.74, 6) is 0. The Labute approximate surface area is 143 Å². The summed E-state index contributed by atoms with van der Waals surface area (Å²) in [6.07, 6.45) is -10.1. The molecule has 2 aromatic rings. The Morgan fingerprint density at radius 3 is 2.04 bits per heavy atom. The zero-order chi connectivity index (χ0) is 18.4. The van der Waals surface area contributed by atoms with Crippen LogP contribution in [0.25, 0.3) is 11.3 Å². The molecule has 0 saturated heterocycles. The van der Waals surface area contributed by atoms with E-state index in [1.807, 2.05) is 0 Å². The molecule has 0 radical (unpaired) electrons. The van der Waals surface area contributed by atoms with Crippen molar-refractivity contribution in [1.29, 1.82) is 0 Å². The minimum Gasteiger partial charge on any atom is -0.262 e. The van der Waals surface area contributed by atoms with Gasteiger partial charge in [0.05, 0.1) is 5.02 Å². The van der Waals surface area contributed by atoms with Gasteiger partial charge in [-0.1, -0.05) is 30.1 Å². The van der Waals surface area contributed by atoms with Crippen molar-refractivity contribution in [3.8, 4) is 11.3 Å². The van der Waals surface area contributed by atoms with Gasteiger partial charge in [-0.3, -0.25) is 4.68 Å². The molecule has 1 aromatic carbocycles. The van der Waals surface area contributed by atoms with Crippen molar-refractivity contribution in [2.24, 2.45) is 7.05 Å². The zero-order valence-electron chi connectivity index (χ0n) is 12.3. The lowest BCUT2D eigenvalue weighted by atomic mass is 10.0. The van der Waals surface area contributed by atoms with Gasteiger partial charge < -0.3 is 0 Å². The maximum atomic E-state index is 13.3. The van der Waals surface area contributed by atoms with Crippen molar-refractivity contribution in [3.05, 3.63) is 39.0 Å². The summed E-state index contributed by atoms with van der Waals surface area (Å²) < 4.78 is 79.3. The van der Waals surface area contributed by atoms with Gasteiger partial charge in [0.15, 0.2) is 5.69 Å². The summed E-state index contributed by atoms with van der Waals surface area (Å²) in [5, 5.41) is 3.43. The smallest absolute Gasteiger partial charge is 0.262 e. The minimum atomic E-state index is -5.26. The molecule has 0 aliphatic rings. The molecule has 0 aliphatic heterocycles. The topological polar surface area (TPSA) is 17.8 Å². The summed E-state index contributed by atoms with van der Waals surface area (Å²) in [7, 11) is 0.798. The normalized spacial score (nSPS) is 12.8. The highest BCUT2D eigenvalue weighted by Gasteiger charge is 2.49. The van der Waals surface area contributed by atoms with E-state index in [1.54, 1.807) is 6.92 Å². The molecule has 2 rings (SSSR count). The first-order chi connectivity index (χ1) is 10.9. The lowest BCUT2D eigenvalue weighted by Crippen LogP contribution is -2.18. The van der Waals surface area contributed by atoms with Crippen molar-refractivity contribution in [3.63, 3.8) is 0 Å². The van der Waals surface area contributed by atoms with E-state index in [9.17, 15) is 26.3 Å². The van der Waals surface area contributed by atoms with Crippen LogP contribution in [0.5, 0.6) is 0 Å². The number of aromatic nitrogens is 2. The second-order valence-electron chi connectivity index (χ2n) is 4.97. The van der Waals surface area contributed by atoms with Crippen molar-refractivity contribution >= 4 is 23.2 Å². The highest BCUT2D eigenvalue weighted by Crippen LogP contribution is 2.46. The van der Waals surface area contributed by atoms with Gasteiger partial charge in [-0.15, -0.1) is 0 Å². The van der Waals surface area contributed by atoms with E-state index in [2.05, 4.69) is 5.10 Å². The number of hydrogen-bond donors (Lipinski definition) is 0. The van der Waals surface area contributed by atoms with Crippen molar-refractivity contribution in [2.75, 3.05) is 0 Å².